The SMILES string of the molecule is CC(C)=CCC1=C([O-])c2ccccc2C(=O)C1=O.C[C]1[CH][CH][C](C(C)C)[CH][CH]1.[Cl-].[Ru+2]. The first-order chi connectivity index (χ1) is 13.2. The predicted octanol–water partition coefficient (Wildman–Crippen LogP) is 1.52. The Balaban J connectivity index is 0.000000604. The maximum absolute atomic E-state index is 12.1. The number of hydrogen-bond acceptors (Lipinski definition) is 3. The zero-order valence-electron chi connectivity index (χ0n) is 17.9. The molecule has 0 bridgehead atoms. The van der Waals surface area contributed by atoms with Crippen molar-refractivity contribution in [3.05, 3.63) is 90.1 Å². The van der Waals surface area contributed by atoms with Crippen LogP contribution in [0.4, 0.5) is 0 Å². The predicted molar refractivity (Wildman–Crippen MR) is 111 cm³/mol. The summed E-state index contributed by atoms with van der Waals surface area (Å²) in [6, 6.07) is 6.45. The van der Waals surface area contributed by atoms with E-state index >= 15 is 0 Å². The molecule has 1 fully saturated rings. The zero-order valence-corrected chi connectivity index (χ0v) is 20.4. The van der Waals surface area contributed by atoms with Gasteiger partial charge in [-0.25, -0.2) is 0 Å². The minimum absolute atomic E-state index is 0. The number of hydrogen-bond donors (Lipinski definition) is 0. The van der Waals surface area contributed by atoms with Gasteiger partial charge in [0.2, 0.25) is 11.6 Å². The van der Waals surface area contributed by atoms with Crippen molar-refractivity contribution >= 4 is 17.3 Å². The van der Waals surface area contributed by atoms with E-state index in [9.17, 15) is 14.7 Å². The third kappa shape index (κ3) is 7.47. The van der Waals surface area contributed by atoms with Gasteiger partial charge < -0.3 is 17.5 Å². The zero-order chi connectivity index (χ0) is 20.8. The first kappa shape index (κ1) is 28.8. The number of allylic oxidation sites excluding steroid dienone is 3. The molecule has 0 N–H and O–H groups in total. The molecule has 0 atom stereocenters. The Hall–Kier alpha value is -1.25. The molecule has 30 heavy (non-hydrogen) atoms. The summed E-state index contributed by atoms with van der Waals surface area (Å²) in [6.45, 7) is 10.3. The fraction of sp³-hybridized carbons (Fsp3) is 0.280. The molecule has 3 nitrogen and oxygen atoms in total. The molecule has 0 unspecified atom stereocenters. The van der Waals surface area contributed by atoms with E-state index in [0.29, 0.717) is 11.5 Å². The van der Waals surface area contributed by atoms with Gasteiger partial charge in [0.1, 0.15) is 0 Å². The van der Waals surface area contributed by atoms with Crippen molar-refractivity contribution in [2.75, 3.05) is 0 Å². The van der Waals surface area contributed by atoms with Crippen LogP contribution in [-0.2, 0) is 24.3 Å². The number of halogens is 1. The molecule has 3 rings (SSSR count). The summed E-state index contributed by atoms with van der Waals surface area (Å²) in [6.07, 6.45) is 10.7. The fourth-order valence-electron chi connectivity index (χ4n) is 2.85. The van der Waals surface area contributed by atoms with Gasteiger partial charge in [0.05, 0.1) is 0 Å². The van der Waals surface area contributed by atoms with Gasteiger partial charge in [0, 0.05) is 11.1 Å². The van der Waals surface area contributed by atoms with Crippen molar-refractivity contribution in [3.63, 3.8) is 0 Å². The molecular formula is C25H27ClO3Ru. The molecule has 1 aromatic rings. The van der Waals surface area contributed by atoms with Crippen molar-refractivity contribution in [3.8, 4) is 0 Å². The number of carbonyl (C=O) groups excluding carboxylic acids is 2. The Labute approximate surface area is 200 Å². The molecule has 0 aromatic heterocycles. The van der Waals surface area contributed by atoms with E-state index in [1.807, 2.05) is 13.8 Å². The fourth-order valence-corrected chi connectivity index (χ4v) is 2.85. The maximum atomic E-state index is 12.1. The van der Waals surface area contributed by atoms with Crippen molar-refractivity contribution in [2.45, 2.75) is 41.0 Å². The minimum Gasteiger partial charge on any atom is -1.00 e. The molecule has 0 aliphatic heterocycles. The van der Waals surface area contributed by atoms with Gasteiger partial charge in [0.15, 0.2) is 0 Å². The van der Waals surface area contributed by atoms with Crippen LogP contribution in [0.5, 0.6) is 0 Å². The molecule has 0 spiro atoms. The minimum atomic E-state index is -0.670. The summed E-state index contributed by atoms with van der Waals surface area (Å²) in [7, 11) is 0. The topological polar surface area (TPSA) is 57.2 Å². The summed E-state index contributed by atoms with van der Waals surface area (Å²) in [4.78, 5) is 23.7. The van der Waals surface area contributed by atoms with Crippen LogP contribution in [0, 0.1) is 43.4 Å². The van der Waals surface area contributed by atoms with Crippen molar-refractivity contribution in [1.82, 2.24) is 0 Å². The third-order valence-corrected chi connectivity index (χ3v) is 4.63. The van der Waals surface area contributed by atoms with Gasteiger partial charge in [-0.1, -0.05) is 62.4 Å². The number of benzene rings is 1. The summed E-state index contributed by atoms with van der Waals surface area (Å²) >= 11 is 0. The largest absolute Gasteiger partial charge is 2.00 e. The number of Topliss-reactive ketones (excluding diaryl/α,β-unsaturated/α-hetero) is 2. The normalized spacial score (nSPS) is 16.7. The molecule has 6 radical (unpaired) electrons. The van der Waals surface area contributed by atoms with Gasteiger partial charge in [-0.15, -0.1) is 0 Å². The van der Waals surface area contributed by atoms with Crippen LogP contribution < -0.4 is 17.5 Å². The van der Waals surface area contributed by atoms with Crippen LogP contribution in [0.1, 0.15) is 57.0 Å². The number of ketones is 2. The van der Waals surface area contributed by atoms with Gasteiger partial charge in [-0.3, -0.25) is 9.59 Å². The summed E-state index contributed by atoms with van der Waals surface area (Å²) < 4.78 is 0. The first-order valence-corrected chi connectivity index (χ1v) is 9.50. The molecule has 2 aliphatic rings. The van der Waals surface area contributed by atoms with Gasteiger partial charge in [0.25, 0.3) is 0 Å². The second-order valence-electron chi connectivity index (χ2n) is 7.56. The monoisotopic (exact) mass is 512 g/mol. The van der Waals surface area contributed by atoms with E-state index in [4.69, 9.17) is 0 Å². The number of carbonyl (C=O) groups is 2. The van der Waals surface area contributed by atoms with Crippen molar-refractivity contribution < 1.29 is 46.6 Å². The molecular weight excluding hydrogens is 485 g/mol. The van der Waals surface area contributed by atoms with E-state index in [0.717, 1.165) is 5.57 Å². The molecule has 0 amide bonds. The van der Waals surface area contributed by atoms with Crippen LogP contribution in [0.25, 0.3) is 5.76 Å². The van der Waals surface area contributed by atoms with E-state index in [2.05, 4.69) is 46.5 Å². The summed E-state index contributed by atoms with van der Waals surface area (Å²) in [5.74, 6) is 1.84. The molecule has 0 heterocycles. The standard InChI is InChI=1S/C15H14O3.C10H14.ClH.Ru/c1-9(2)7-8-12-13(16)10-5-3-4-6-11(10)14(17)15(12)18;1-8(2)10-6-4-9(3)5-7-10;;/h3-7,16H,8H2,1-2H3;4-8H,1-3H3;1H;/q;;;+2/p-2. The molecule has 5 heteroatoms. The van der Waals surface area contributed by atoms with E-state index in [1.54, 1.807) is 24.3 Å². The van der Waals surface area contributed by atoms with E-state index < -0.39 is 11.6 Å². The molecule has 0 saturated heterocycles. The third-order valence-electron chi connectivity index (χ3n) is 4.63. The first-order valence-electron chi connectivity index (χ1n) is 9.50. The van der Waals surface area contributed by atoms with Gasteiger partial charge in [-0.2, -0.15) is 0 Å². The Morgan fingerprint density at radius 2 is 1.50 bits per heavy atom. The second-order valence-corrected chi connectivity index (χ2v) is 7.56. The van der Waals surface area contributed by atoms with Crippen molar-refractivity contribution in [2.24, 2.45) is 5.92 Å². The Kier molecular flexibility index (Phi) is 12.7. The van der Waals surface area contributed by atoms with Crippen molar-refractivity contribution in [1.29, 1.82) is 0 Å². The number of rotatable bonds is 3. The van der Waals surface area contributed by atoms with Crippen LogP contribution >= 0.6 is 0 Å². The van der Waals surface area contributed by atoms with Gasteiger partial charge in [-0.05, 0) is 69.3 Å². The van der Waals surface area contributed by atoms with E-state index in [-0.39, 0.29) is 55.2 Å². The van der Waals surface area contributed by atoms with Crippen LogP contribution in [0.3, 0.4) is 0 Å². The second kappa shape index (κ2) is 13.2. The van der Waals surface area contributed by atoms with E-state index in [1.165, 1.54) is 17.9 Å². The summed E-state index contributed by atoms with van der Waals surface area (Å²) in [5.41, 5.74) is 1.63. The van der Waals surface area contributed by atoms with Crippen LogP contribution in [0.15, 0.2) is 41.5 Å². The maximum Gasteiger partial charge on any atom is 2.00 e. The average Bonchev–Trinajstić information content (AvgIpc) is 2.67. The Bertz CT molecular complexity index is 783. The summed E-state index contributed by atoms with van der Waals surface area (Å²) in [5, 5.41) is 12.1. The number of fused-ring (bicyclic) bond motifs is 1. The molecule has 2 aliphatic carbocycles. The Morgan fingerprint density at radius 1 is 0.967 bits per heavy atom. The van der Waals surface area contributed by atoms with Gasteiger partial charge >= 0.3 is 19.5 Å². The van der Waals surface area contributed by atoms with Crippen LogP contribution in [-0.4, -0.2) is 11.6 Å². The molecule has 160 valence electrons. The molecule has 1 saturated carbocycles. The quantitative estimate of drug-likeness (QED) is 0.351. The van der Waals surface area contributed by atoms with Crippen LogP contribution in [0.2, 0.25) is 0 Å². The Morgan fingerprint density at radius 3 is 2.00 bits per heavy atom. The molecule has 1 aromatic carbocycles. The average molecular weight is 512 g/mol. The smallest absolute Gasteiger partial charge is 1.00 e.